The van der Waals surface area contributed by atoms with E-state index in [1.165, 1.54) is 6.07 Å². The molecule has 3 aromatic carbocycles. The quantitative estimate of drug-likeness (QED) is 0.341. The second-order valence-electron chi connectivity index (χ2n) is 7.93. The Morgan fingerprint density at radius 2 is 1.82 bits per heavy atom. The van der Waals surface area contributed by atoms with Gasteiger partial charge in [-0.3, -0.25) is 4.79 Å². The van der Waals surface area contributed by atoms with Crippen molar-refractivity contribution in [1.82, 2.24) is 0 Å². The van der Waals surface area contributed by atoms with E-state index >= 15 is 0 Å². The summed E-state index contributed by atoms with van der Waals surface area (Å²) >= 11 is 6.21. The smallest absolute Gasteiger partial charge is 0.340 e. The predicted octanol–water partition coefficient (Wildman–Crippen LogP) is 6.74. The molecule has 33 heavy (non-hydrogen) atoms. The minimum atomic E-state index is -1.44. The molecule has 2 N–H and O–H groups in total. The molecule has 5 nitrogen and oxygen atoms in total. The molecule has 0 spiro atoms. The first-order valence-electron chi connectivity index (χ1n) is 10.3. The SMILES string of the molecule is Cc1cc([C@@H](C)Nc2c(Cl)ccc(F)c2C(=O)O)c2oc(-c3ccccc3)c(C)c(=O)c2c1. The first-order chi connectivity index (χ1) is 15.7. The normalized spacial score (nSPS) is 12.0. The minimum Gasteiger partial charge on any atom is -0.478 e. The molecule has 1 aromatic heterocycles. The Balaban J connectivity index is 1.92. The zero-order valence-corrected chi connectivity index (χ0v) is 19.0. The number of nitrogens with one attached hydrogen (secondary N) is 1. The van der Waals surface area contributed by atoms with Gasteiger partial charge in [-0.1, -0.05) is 48.0 Å². The Hall–Kier alpha value is -3.64. The molecule has 0 aliphatic rings. The summed E-state index contributed by atoms with van der Waals surface area (Å²) in [5, 5.41) is 13.0. The fourth-order valence-electron chi connectivity index (χ4n) is 3.95. The topological polar surface area (TPSA) is 79.5 Å². The summed E-state index contributed by atoms with van der Waals surface area (Å²) in [6.45, 7) is 5.35. The fourth-order valence-corrected chi connectivity index (χ4v) is 4.16. The van der Waals surface area contributed by atoms with Gasteiger partial charge in [-0.15, -0.1) is 0 Å². The Bertz CT molecular complexity index is 1450. The molecule has 0 fully saturated rings. The van der Waals surface area contributed by atoms with Crippen LogP contribution in [0.15, 0.2) is 63.8 Å². The molecule has 4 rings (SSSR count). The number of rotatable bonds is 5. The van der Waals surface area contributed by atoms with Crippen molar-refractivity contribution in [3.05, 3.63) is 97.9 Å². The van der Waals surface area contributed by atoms with Crippen LogP contribution < -0.4 is 10.7 Å². The van der Waals surface area contributed by atoms with E-state index in [1.54, 1.807) is 19.9 Å². The van der Waals surface area contributed by atoms with Crippen molar-refractivity contribution in [2.24, 2.45) is 0 Å². The van der Waals surface area contributed by atoms with Gasteiger partial charge in [0.05, 0.1) is 22.1 Å². The van der Waals surface area contributed by atoms with Crippen molar-refractivity contribution in [3.8, 4) is 11.3 Å². The van der Waals surface area contributed by atoms with Crippen LogP contribution in [-0.2, 0) is 0 Å². The van der Waals surface area contributed by atoms with Gasteiger partial charge in [-0.25, -0.2) is 9.18 Å². The molecule has 1 heterocycles. The molecular formula is C26H21ClFNO4. The third-order valence-corrected chi connectivity index (χ3v) is 5.89. The molecule has 0 saturated carbocycles. The van der Waals surface area contributed by atoms with Gasteiger partial charge in [0, 0.05) is 16.7 Å². The number of carboxylic acid groups (broad SMARTS) is 1. The average molecular weight is 466 g/mol. The van der Waals surface area contributed by atoms with Gasteiger partial charge in [0.2, 0.25) is 0 Å². The van der Waals surface area contributed by atoms with Gasteiger partial charge < -0.3 is 14.8 Å². The highest BCUT2D eigenvalue weighted by atomic mass is 35.5. The minimum absolute atomic E-state index is 0.0379. The first kappa shape index (κ1) is 22.6. The van der Waals surface area contributed by atoms with E-state index in [-0.39, 0.29) is 16.1 Å². The van der Waals surface area contributed by atoms with E-state index < -0.39 is 23.4 Å². The summed E-state index contributed by atoms with van der Waals surface area (Å²) in [7, 11) is 0. The maximum atomic E-state index is 14.2. The van der Waals surface area contributed by atoms with Gasteiger partial charge >= 0.3 is 5.97 Å². The molecule has 1 atom stereocenters. The molecule has 0 amide bonds. The molecule has 7 heteroatoms. The summed E-state index contributed by atoms with van der Waals surface area (Å²) in [5.41, 5.74) is 2.35. The Kier molecular flexibility index (Phi) is 5.95. The number of hydrogen-bond acceptors (Lipinski definition) is 4. The van der Waals surface area contributed by atoms with Gasteiger partial charge in [0.25, 0.3) is 0 Å². The van der Waals surface area contributed by atoms with Crippen LogP contribution in [0.5, 0.6) is 0 Å². The summed E-state index contributed by atoms with van der Waals surface area (Å²) in [6.07, 6.45) is 0. The number of fused-ring (bicyclic) bond motifs is 1. The lowest BCUT2D eigenvalue weighted by molar-refractivity contribution is 0.0693. The summed E-state index contributed by atoms with van der Waals surface area (Å²) in [5.74, 6) is -1.88. The maximum absolute atomic E-state index is 14.2. The number of benzene rings is 3. The van der Waals surface area contributed by atoms with Crippen LogP contribution in [0.3, 0.4) is 0 Å². The predicted molar refractivity (Wildman–Crippen MR) is 128 cm³/mol. The fraction of sp³-hybridized carbons (Fsp3) is 0.154. The molecule has 0 bridgehead atoms. The summed E-state index contributed by atoms with van der Waals surface area (Å²) in [6, 6.07) is 14.7. The third kappa shape index (κ3) is 4.10. The molecule has 0 unspecified atom stereocenters. The van der Waals surface area contributed by atoms with Crippen LogP contribution in [0.1, 0.15) is 40.0 Å². The van der Waals surface area contributed by atoms with Gasteiger partial charge in [-0.2, -0.15) is 0 Å². The highest BCUT2D eigenvalue weighted by Gasteiger charge is 2.23. The molecule has 0 saturated heterocycles. The molecule has 168 valence electrons. The van der Waals surface area contributed by atoms with Gasteiger partial charge in [-0.05, 0) is 44.5 Å². The molecule has 0 radical (unpaired) electrons. The standard InChI is InChI=1S/C26H21ClFNO4/c1-13-11-17(15(3)29-22-19(27)9-10-20(28)21(22)26(31)32)25-18(12-13)23(30)14(2)24(33-25)16-7-5-4-6-8-16/h4-12,15,29H,1-3H3,(H,31,32)/t15-/m1/s1. The lowest BCUT2D eigenvalue weighted by Gasteiger charge is -2.21. The van der Waals surface area contributed by atoms with Crippen molar-refractivity contribution >= 4 is 34.2 Å². The zero-order valence-electron chi connectivity index (χ0n) is 18.2. The second kappa shape index (κ2) is 8.71. The first-order valence-corrected chi connectivity index (χ1v) is 10.7. The van der Waals surface area contributed by atoms with Crippen molar-refractivity contribution in [2.45, 2.75) is 26.8 Å². The molecule has 4 aromatic rings. The van der Waals surface area contributed by atoms with Crippen LogP contribution in [-0.4, -0.2) is 11.1 Å². The van der Waals surface area contributed by atoms with Crippen LogP contribution in [0.2, 0.25) is 5.02 Å². The molecule has 0 aliphatic heterocycles. The van der Waals surface area contributed by atoms with Crippen molar-refractivity contribution in [2.75, 3.05) is 5.32 Å². The number of aromatic carboxylic acids is 1. The largest absolute Gasteiger partial charge is 0.478 e. The maximum Gasteiger partial charge on any atom is 0.340 e. The van der Waals surface area contributed by atoms with E-state index in [1.807, 2.05) is 43.3 Å². The summed E-state index contributed by atoms with van der Waals surface area (Å²) in [4.78, 5) is 24.9. The van der Waals surface area contributed by atoms with E-state index in [4.69, 9.17) is 16.0 Å². The van der Waals surface area contributed by atoms with Crippen molar-refractivity contribution < 1.29 is 18.7 Å². The monoisotopic (exact) mass is 465 g/mol. The average Bonchev–Trinajstić information content (AvgIpc) is 2.78. The number of hydrogen-bond donors (Lipinski definition) is 2. The van der Waals surface area contributed by atoms with Crippen LogP contribution >= 0.6 is 11.6 Å². The van der Waals surface area contributed by atoms with Crippen LogP contribution in [0, 0.1) is 19.7 Å². The molecular weight excluding hydrogens is 445 g/mol. The number of carboxylic acids is 1. The summed E-state index contributed by atoms with van der Waals surface area (Å²) < 4.78 is 20.5. The van der Waals surface area contributed by atoms with E-state index in [2.05, 4.69) is 5.32 Å². The number of aryl methyl sites for hydroxylation is 1. The van der Waals surface area contributed by atoms with Crippen LogP contribution in [0.25, 0.3) is 22.3 Å². The third-order valence-electron chi connectivity index (χ3n) is 5.57. The Morgan fingerprint density at radius 3 is 2.48 bits per heavy atom. The lowest BCUT2D eigenvalue weighted by atomic mass is 9.98. The number of anilines is 1. The number of halogens is 2. The lowest BCUT2D eigenvalue weighted by Crippen LogP contribution is -2.15. The van der Waals surface area contributed by atoms with Gasteiger partial charge in [0.1, 0.15) is 22.7 Å². The molecule has 0 aliphatic carbocycles. The van der Waals surface area contributed by atoms with Crippen molar-refractivity contribution in [1.29, 1.82) is 0 Å². The number of carbonyl (C=O) groups is 1. The van der Waals surface area contributed by atoms with E-state index in [0.717, 1.165) is 17.2 Å². The highest BCUT2D eigenvalue weighted by Crippen LogP contribution is 2.35. The Labute approximate surface area is 194 Å². The highest BCUT2D eigenvalue weighted by molar-refractivity contribution is 6.34. The zero-order chi connectivity index (χ0) is 23.9. The van der Waals surface area contributed by atoms with Crippen molar-refractivity contribution in [3.63, 3.8) is 0 Å². The van der Waals surface area contributed by atoms with Crippen LogP contribution in [0.4, 0.5) is 10.1 Å². The van der Waals surface area contributed by atoms with Gasteiger partial charge in [0.15, 0.2) is 5.43 Å². The Morgan fingerprint density at radius 1 is 1.12 bits per heavy atom. The second-order valence-corrected chi connectivity index (χ2v) is 8.34. The van der Waals surface area contributed by atoms with E-state index in [0.29, 0.717) is 27.9 Å². The van der Waals surface area contributed by atoms with E-state index in [9.17, 15) is 19.1 Å².